The highest BCUT2D eigenvalue weighted by Gasteiger charge is 2.34. The van der Waals surface area contributed by atoms with E-state index in [1.807, 2.05) is 11.9 Å². The largest absolute Gasteiger partial charge is 0.416 e. The zero-order valence-corrected chi connectivity index (χ0v) is 21.5. The van der Waals surface area contributed by atoms with Crippen molar-refractivity contribution in [1.82, 2.24) is 29.4 Å². The minimum atomic E-state index is -4.56. The van der Waals surface area contributed by atoms with Gasteiger partial charge in [0.1, 0.15) is 17.1 Å². The molecule has 11 heteroatoms. The summed E-state index contributed by atoms with van der Waals surface area (Å²) >= 11 is 0. The number of anilines is 1. The zero-order valence-electron chi connectivity index (χ0n) is 21.5. The molecule has 3 aromatic heterocycles. The van der Waals surface area contributed by atoms with E-state index < -0.39 is 17.6 Å². The maximum atomic E-state index is 13.9. The van der Waals surface area contributed by atoms with Crippen molar-refractivity contribution in [2.45, 2.75) is 19.6 Å². The number of aryl methyl sites for hydroxylation is 1. The molecule has 0 atom stereocenters. The number of nitrogens with one attached hydrogen (secondary N) is 1. The number of hydrogen-bond donors (Lipinski definition) is 1. The number of nitrogens with zero attached hydrogens (tertiary/aromatic N) is 6. The molecule has 0 aliphatic carbocycles. The first kappa shape index (κ1) is 26.3. The number of likely N-dealkylation sites (N-methyl/N-ethyl adjacent to an activating group) is 1. The lowest BCUT2D eigenvalue weighted by Crippen LogP contribution is -2.44. The first-order valence-electron chi connectivity index (χ1n) is 12.4. The van der Waals surface area contributed by atoms with Crippen LogP contribution in [0.1, 0.15) is 38.6 Å². The number of piperazine rings is 1. The van der Waals surface area contributed by atoms with Crippen LogP contribution in [0.25, 0.3) is 5.65 Å². The van der Waals surface area contributed by atoms with Crippen LogP contribution in [0.4, 0.5) is 18.9 Å². The van der Waals surface area contributed by atoms with Crippen molar-refractivity contribution in [2.75, 3.05) is 38.5 Å². The Balaban J connectivity index is 1.35. The van der Waals surface area contributed by atoms with Crippen molar-refractivity contribution in [3.63, 3.8) is 0 Å². The molecular formula is C28H26F3N7O. The van der Waals surface area contributed by atoms with E-state index in [4.69, 9.17) is 0 Å². The second kappa shape index (κ2) is 10.8. The number of hydrogen-bond acceptors (Lipinski definition) is 6. The van der Waals surface area contributed by atoms with Gasteiger partial charge in [0.05, 0.1) is 11.8 Å². The molecule has 1 amide bonds. The molecule has 39 heavy (non-hydrogen) atoms. The summed E-state index contributed by atoms with van der Waals surface area (Å²) in [7, 11) is 1.99. The van der Waals surface area contributed by atoms with Gasteiger partial charge in [-0.3, -0.25) is 9.69 Å². The topological polar surface area (TPSA) is 78.7 Å². The molecule has 0 spiro atoms. The van der Waals surface area contributed by atoms with E-state index in [2.05, 4.69) is 37.1 Å². The standard InChI is InChI=1S/C28H26F3N7O/c1-19-5-9-25(35-24(19)10-8-22-17-32-26-4-3-11-33-38(22)26)27(39)34-21-7-6-20(23(16-21)28(29,30)31)18-37-14-12-36(2)13-15-37/h3-7,9,11,16-17H,12-15,18H2,1-2H3,(H,34,39). The molecule has 1 fully saturated rings. The van der Waals surface area contributed by atoms with Gasteiger partial charge >= 0.3 is 6.18 Å². The monoisotopic (exact) mass is 533 g/mol. The third-order valence-electron chi connectivity index (χ3n) is 6.58. The van der Waals surface area contributed by atoms with Crippen molar-refractivity contribution in [2.24, 2.45) is 0 Å². The molecular weight excluding hydrogens is 507 g/mol. The van der Waals surface area contributed by atoms with Crippen LogP contribution in [0, 0.1) is 18.8 Å². The summed E-state index contributed by atoms with van der Waals surface area (Å²) in [6, 6.07) is 10.7. The van der Waals surface area contributed by atoms with Gasteiger partial charge in [-0.25, -0.2) is 14.5 Å². The summed E-state index contributed by atoms with van der Waals surface area (Å²) in [6.07, 6.45) is -1.34. The number of rotatable bonds is 4. The van der Waals surface area contributed by atoms with E-state index in [-0.39, 0.29) is 23.5 Å². The second-order valence-electron chi connectivity index (χ2n) is 9.45. The molecule has 1 saturated heterocycles. The average molecular weight is 534 g/mol. The van der Waals surface area contributed by atoms with Gasteiger partial charge in [0.15, 0.2) is 5.65 Å². The van der Waals surface area contributed by atoms with Gasteiger partial charge in [-0.2, -0.15) is 18.3 Å². The number of benzene rings is 1. The predicted molar refractivity (Wildman–Crippen MR) is 140 cm³/mol. The van der Waals surface area contributed by atoms with E-state index in [0.717, 1.165) is 24.7 Å². The molecule has 5 rings (SSSR count). The Labute approximate surface area is 223 Å². The lowest BCUT2D eigenvalue weighted by atomic mass is 10.0. The van der Waals surface area contributed by atoms with Crippen LogP contribution >= 0.6 is 0 Å². The fourth-order valence-corrected chi connectivity index (χ4v) is 4.32. The average Bonchev–Trinajstić information content (AvgIpc) is 3.33. The van der Waals surface area contributed by atoms with Crippen molar-refractivity contribution in [1.29, 1.82) is 0 Å². The second-order valence-corrected chi connectivity index (χ2v) is 9.45. The number of fused-ring (bicyclic) bond motifs is 1. The Morgan fingerprint density at radius 1 is 1.08 bits per heavy atom. The highest BCUT2D eigenvalue weighted by atomic mass is 19.4. The molecule has 0 radical (unpaired) electrons. The van der Waals surface area contributed by atoms with Crippen LogP contribution in [0.5, 0.6) is 0 Å². The van der Waals surface area contributed by atoms with E-state index in [1.54, 1.807) is 42.0 Å². The SMILES string of the molecule is Cc1ccc(C(=O)Nc2ccc(CN3CCN(C)CC3)c(C(F)(F)F)c2)nc1C#Cc1cnc2cccnn12. The number of carbonyl (C=O) groups is 1. The Morgan fingerprint density at radius 3 is 2.64 bits per heavy atom. The van der Waals surface area contributed by atoms with Crippen LogP contribution in [0.2, 0.25) is 0 Å². The number of imidazole rings is 1. The number of carbonyl (C=O) groups excluding carboxylic acids is 1. The fraction of sp³-hybridized carbons (Fsp3) is 0.286. The maximum Gasteiger partial charge on any atom is 0.416 e. The van der Waals surface area contributed by atoms with Crippen molar-refractivity contribution >= 4 is 17.2 Å². The summed E-state index contributed by atoms with van der Waals surface area (Å²) in [5.41, 5.74) is 1.81. The van der Waals surface area contributed by atoms with Gasteiger partial charge in [0, 0.05) is 44.6 Å². The maximum absolute atomic E-state index is 13.9. The fourth-order valence-electron chi connectivity index (χ4n) is 4.32. The summed E-state index contributed by atoms with van der Waals surface area (Å²) in [5.74, 6) is 5.28. The quantitative estimate of drug-likeness (QED) is 0.402. The smallest absolute Gasteiger partial charge is 0.321 e. The van der Waals surface area contributed by atoms with Gasteiger partial charge in [-0.15, -0.1) is 0 Å². The van der Waals surface area contributed by atoms with Gasteiger partial charge in [0.2, 0.25) is 0 Å². The Bertz CT molecular complexity index is 1580. The lowest BCUT2D eigenvalue weighted by molar-refractivity contribution is -0.138. The van der Waals surface area contributed by atoms with Crippen LogP contribution in [0.3, 0.4) is 0 Å². The normalized spacial score (nSPS) is 14.7. The molecule has 1 aliphatic rings. The molecule has 0 unspecified atom stereocenters. The summed E-state index contributed by atoms with van der Waals surface area (Å²) in [5, 5.41) is 6.77. The predicted octanol–water partition coefficient (Wildman–Crippen LogP) is 3.85. The van der Waals surface area contributed by atoms with E-state index >= 15 is 0 Å². The first-order valence-corrected chi connectivity index (χ1v) is 12.4. The number of halogens is 3. The summed E-state index contributed by atoms with van der Waals surface area (Å²) < 4.78 is 43.4. The molecule has 8 nitrogen and oxygen atoms in total. The van der Waals surface area contributed by atoms with Gasteiger partial charge in [-0.05, 0) is 67.3 Å². The highest BCUT2D eigenvalue weighted by molar-refractivity contribution is 6.03. The Morgan fingerprint density at radius 2 is 1.87 bits per heavy atom. The first-order chi connectivity index (χ1) is 18.7. The van der Waals surface area contributed by atoms with E-state index in [9.17, 15) is 18.0 Å². The number of pyridine rings is 1. The van der Waals surface area contributed by atoms with Crippen molar-refractivity contribution in [3.05, 3.63) is 88.6 Å². The van der Waals surface area contributed by atoms with Crippen molar-refractivity contribution in [3.8, 4) is 11.8 Å². The van der Waals surface area contributed by atoms with E-state index in [0.29, 0.717) is 30.1 Å². The zero-order chi connectivity index (χ0) is 27.6. The van der Waals surface area contributed by atoms with Crippen LogP contribution in [0.15, 0.2) is 54.9 Å². The highest BCUT2D eigenvalue weighted by Crippen LogP contribution is 2.34. The van der Waals surface area contributed by atoms with Crippen molar-refractivity contribution < 1.29 is 18.0 Å². The minimum absolute atomic E-state index is 0.0382. The third-order valence-corrected chi connectivity index (χ3v) is 6.58. The molecule has 1 aromatic carbocycles. The van der Waals surface area contributed by atoms with Gasteiger partial charge in [-0.1, -0.05) is 12.1 Å². The number of amides is 1. The summed E-state index contributed by atoms with van der Waals surface area (Å²) in [4.78, 5) is 25.7. The number of alkyl halides is 3. The third kappa shape index (κ3) is 6.08. The van der Waals surface area contributed by atoms with E-state index in [1.165, 1.54) is 18.2 Å². The molecule has 1 aliphatic heterocycles. The Kier molecular flexibility index (Phi) is 7.32. The van der Waals surface area contributed by atoms with Gasteiger partial charge in [0.25, 0.3) is 5.91 Å². The molecule has 0 saturated carbocycles. The van der Waals surface area contributed by atoms with Crippen LogP contribution in [-0.2, 0) is 12.7 Å². The van der Waals surface area contributed by atoms with Crippen LogP contribution < -0.4 is 5.32 Å². The molecule has 200 valence electrons. The molecule has 1 N–H and O–H groups in total. The number of aromatic nitrogens is 4. The Hall–Kier alpha value is -4.27. The molecule has 0 bridgehead atoms. The molecule has 4 aromatic rings. The lowest BCUT2D eigenvalue weighted by Gasteiger charge is -2.33. The molecule has 4 heterocycles. The van der Waals surface area contributed by atoms with Crippen LogP contribution in [-0.4, -0.2) is 68.5 Å². The summed E-state index contributed by atoms with van der Waals surface area (Å²) in [6.45, 7) is 5.01. The van der Waals surface area contributed by atoms with Gasteiger partial charge < -0.3 is 10.2 Å². The minimum Gasteiger partial charge on any atom is -0.321 e.